The molecule has 0 aliphatic carbocycles. The van der Waals surface area contributed by atoms with Crippen molar-refractivity contribution in [3.8, 4) is 5.75 Å². The van der Waals surface area contributed by atoms with Crippen LogP contribution >= 0.6 is 11.3 Å². The van der Waals surface area contributed by atoms with Crippen LogP contribution in [0.3, 0.4) is 0 Å². The molecule has 0 fully saturated rings. The average molecular weight is 464 g/mol. The van der Waals surface area contributed by atoms with Crippen LogP contribution in [0.2, 0.25) is 0 Å². The molecule has 0 bridgehead atoms. The van der Waals surface area contributed by atoms with E-state index in [1.807, 2.05) is 25.3 Å². The maximum absolute atomic E-state index is 12.5. The number of nitrogens with zero attached hydrogens (tertiary/aromatic N) is 3. The van der Waals surface area contributed by atoms with Gasteiger partial charge in [0.05, 0.1) is 24.4 Å². The standard InChI is InChI=1S/C20H25N5O4S2/c1-6-14(17-12(2)10-11-30-17)21-18-19(24-31(27,28)23-18)22-15-9-7-8-13(16(15)29-5)20(26)25(3)4/h7-11,14H,6H2,1-5H3,(H,21,23)(H,22,24)/t14-/m1/s1. The molecule has 1 aliphatic heterocycles. The topological polar surface area (TPSA) is 112 Å². The smallest absolute Gasteiger partial charge is 0.345 e. The van der Waals surface area contributed by atoms with E-state index in [2.05, 4.69) is 19.4 Å². The minimum Gasteiger partial charge on any atom is -0.494 e. The van der Waals surface area contributed by atoms with Gasteiger partial charge in [-0.1, -0.05) is 13.0 Å². The molecule has 1 aromatic carbocycles. The maximum atomic E-state index is 12.5. The number of aryl methyl sites for hydroxylation is 1. The van der Waals surface area contributed by atoms with Crippen molar-refractivity contribution < 1.29 is 17.9 Å². The first kappa shape index (κ1) is 22.8. The van der Waals surface area contributed by atoms with Crippen molar-refractivity contribution in [1.29, 1.82) is 0 Å². The van der Waals surface area contributed by atoms with Gasteiger partial charge in [0.15, 0.2) is 17.4 Å². The first-order chi connectivity index (χ1) is 14.7. The third-order valence-electron chi connectivity index (χ3n) is 4.65. The molecule has 0 unspecified atom stereocenters. The number of benzene rings is 1. The number of hydrogen-bond acceptors (Lipinski definition) is 7. The molecule has 0 saturated heterocycles. The van der Waals surface area contributed by atoms with Gasteiger partial charge in [-0.2, -0.15) is 8.42 Å². The zero-order valence-electron chi connectivity index (χ0n) is 18.0. The molecule has 2 aromatic rings. The Kier molecular flexibility index (Phi) is 6.65. The summed E-state index contributed by atoms with van der Waals surface area (Å²) in [7, 11) is 0.801. The monoisotopic (exact) mass is 463 g/mol. The quantitative estimate of drug-likeness (QED) is 0.684. The maximum Gasteiger partial charge on any atom is 0.345 e. The van der Waals surface area contributed by atoms with Crippen LogP contribution in [-0.2, 0) is 10.2 Å². The van der Waals surface area contributed by atoms with Gasteiger partial charge in [0.1, 0.15) is 0 Å². The predicted molar refractivity (Wildman–Crippen MR) is 124 cm³/mol. The van der Waals surface area contributed by atoms with Gasteiger partial charge < -0.3 is 15.0 Å². The van der Waals surface area contributed by atoms with Crippen molar-refractivity contribution in [3.05, 3.63) is 45.6 Å². The third kappa shape index (κ3) is 4.88. The van der Waals surface area contributed by atoms with Crippen LogP contribution in [0.15, 0.2) is 39.0 Å². The Balaban J connectivity index is 2.00. The van der Waals surface area contributed by atoms with E-state index in [1.165, 1.54) is 12.0 Å². The Morgan fingerprint density at radius 2 is 2.10 bits per heavy atom. The molecule has 9 nitrogen and oxygen atoms in total. The van der Waals surface area contributed by atoms with Gasteiger partial charge >= 0.3 is 10.2 Å². The number of anilines is 1. The number of hydrogen-bond donors (Lipinski definition) is 2. The van der Waals surface area contributed by atoms with E-state index >= 15 is 0 Å². The molecule has 0 spiro atoms. The molecular formula is C20H25N5O4S2. The van der Waals surface area contributed by atoms with Crippen molar-refractivity contribution in [2.45, 2.75) is 26.3 Å². The number of amides is 1. The molecule has 2 N–H and O–H groups in total. The number of carbonyl (C=O) groups excluding carboxylic acids is 1. The highest BCUT2D eigenvalue weighted by Crippen LogP contribution is 2.32. The second-order valence-corrected chi connectivity index (χ2v) is 9.38. The van der Waals surface area contributed by atoms with Gasteiger partial charge in [-0.3, -0.25) is 9.79 Å². The Labute approximate surface area is 186 Å². The first-order valence-electron chi connectivity index (χ1n) is 9.57. The van der Waals surface area contributed by atoms with E-state index < -0.39 is 10.2 Å². The van der Waals surface area contributed by atoms with Gasteiger partial charge in [-0.25, -0.2) is 4.72 Å². The second kappa shape index (κ2) is 9.06. The van der Waals surface area contributed by atoms with Crippen LogP contribution < -0.4 is 14.8 Å². The average Bonchev–Trinajstić information content (AvgIpc) is 3.26. The lowest BCUT2D eigenvalue weighted by molar-refractivity contribution is 0.0824. The number of thiophene rings is 1. The zero-order valence-corrected chi connectivity index (χ0v) is 19.6. The number of amidine groups is 2. The zero-order chi connectivity index (χ0) is 22.8. The summed E-state index contributed by atoms with van der Waals surface area (Å²) in [5.41, 5.74) is 1.84. The number of nitrogens with one attached hydrogen (secondary N) is 2. The molecule has 1 aromatic heterocycles. The lowest BCUT2D eigenvalue weighted by atomic mass is 10.1. The van der Waals surface area contributed by atoms with Crippen LogP contribution in [0.5, 0.6) is 5.75 Å². The summed E-state index contributed by atoms with van der Waals surface area (Å²) in [6.45, 7) is 3.99. The molecular weight excluding hydrogens is 438 g/mol. The summed E-state index contributed by atoms with van der Waals surface area (Å²) in [5.74, 6) is 0.202. The van der Waals surface area contributed by atoms with Gasteiger partial charge in [0, 0.05) is 19.0 Å². The van der Waals surface area contributed by atoms with Crippen molar-refractivity contribution in [2.24, 2.45) is 9.39 Å². The lowest BCUT2D eigenvalue weighted by Crippen LogP contribution is -2.31. The van der Waals surface area contributed by atoms with E-state index in [4.69, 9.17) is 4.74 Å². The fraction of sp³-hybridized carbons (Fsp3) is 0.350. The highest BCUT2D eigenvalue weighted by Gasteiger charge is 2.29. The molecule has 166 valence electrons. The second-order valence-electron chi connectivity index (χ2n) is 7.10. The van der Waals surface area contributed by atoms with E-state index in [9.17, 15) is 13.2 Å². The Hall–Kier alpha value is -2.92. The normalized spacial score (nSPS) is 17.1. The molecule has 3 rings (SSSR count). The van der Waals surface area contributed by atoms with Gasteiger partial charge in [-0.15, -0.1) is 15.7 Å². The SMILES string of the molecule is CC[C@@H](N=C1NS(=O)(=O)N=C1Nc1cccc(C(=O)N(C)C)c1OC)c1sccc1C. The summed E-state index contributed by atoms with van der Waals surface area (Å²) in [6, 6.07) is 6.79. The third-order valence-corrected chi connectivity index (χ3v) is 6.64. The predicted octanol–water partition coefficient (Wildman–Crippen LogP) is 2.98. The van der Waals surface area contributed by atoms with Crippen molar-refractivity contribution >= 4 is 44.8 Å². The van der Waals surface area contributed by atoms with Crippen LogP contribution in [0, 0.1) is 6.92 Å². The van der Waals surface area contributed by atoms with Crippen LogP contribution in [0.4, 0.5) is 5.69 Å². The number of rotatable bonds is 6. The van der Waals surface area contributed by atoms with E-state index in [0.717, 1.165) is 10.4 Å². The number of methoxy groups -OCH3 is 1. The van der Waals surface area contributed by atoms with Crippen LogP contribution in [0.25, 0.3) is 0 Å². The summed E-state index contributed by atoms with van der Waals surface area (Å²) in [4.78, 5) is 19.6. The Morgan fingerprint density at radius 1 is 1.35 bits per heavy atom. The summed E-state index contributed by atoms with van der Waals surface area (Å²) in [6.07, 6.45) is 0.690. The molecule has 11 heteroatoms. The number of carbonyl (C=O) groups is 1. The number of aliphatic imine (C=N–C) groups is 1. The van der Waals surface area contributed by atoms with E-state index in [1.54, 1.807) is 43.6 Å². The fourth-order valence-corrected chi connectivity index (χ4v) is 5.00. The Bertz CT molecular complexity index is 1150. The Morgan fingerprint density at radius 3 is 2.68 bits per heavy atom. The summed E-state index contributed by atoms with van der Waals surface area (Å²) < 4.78 is 35.9. The van der Waals surface area contributed by atoms with Crippen molar-refractivity contribution in [2.75, 3.05) is 26.5 Å². The molecule has 1 aliphatic rings. The first-order valence-corrected chi connectivity index (χ1v) is 11.9. The minimum atomic E-state index is -3.92. The van der Waals surface area contributed by atoms with Gasteiger partial charge in [-0.05, 0) is 42.5 Å². The van der Waals surface area contributed by atoms with E-state index in [0.29, 0.717) is 17.7 Å². The molecule has 1 amide bonds. The van der Waals surface area contributed by atoms with Crippen molar-refractivity contribution in [3.63, 3.8) is 0 Å². The minimum absolute atomic E-state index is 0.0420. The molecule has 0 saturated carbocycles. The van der Waals surface area contributed by atoms with Crippen LogP contribution in [0.1, 0.15) is 40.2 Å². The van der Waals surface area contributed by atoms with Crippen molar-refractivity contribution in [1.82, 2.24) is 9.62 Å². The lowest BCUT2D eigenvalue weighted by Gasteiger charge is -2.17. The summed E-state index contributed by atoms with van der Waals surface area (Å²) >= 11 is 1.58. The number of para-hydroxylation sites is 1. The molecule has 31 heavy (non-hydrogen) atoms. The molecule has 2 heterocycles. The fourth-order valence-electron chi connectivity index (χ4n) is 3.14. The molecule has 1 atom stereocenters. The largest absolute Gasteiger partial charge is 0.494 e. The van der Waals surface area contributed by atoms with E-state index in [-0.39, 0.29) is 29.4 Å². The van der Waals surface area contributed by atoms with Crippen LogP contribution in [-0.4, -0.2) is 52.1 Å². The highest BCUT2D eigenvalue weighted by atomic mass is 32.2. The number of ether oxygens (including phenoxy) is 1. The van der Waals surface area contributed by atoms with Gasteiger partial charge in [0.25, 0.3) is 5.91 Å². The van der Waals surface area contributed by atoms with Gasteiger partial charge in [0.2, 0.25) is 0 Å². The highest BCUT2D eigenvalue weighted by molar-refractivity contribution is 7.89. The molecule has 0 radical (unpaired) electrons. The summed E-state index contributed by atoms with van der Waals surface area (Å²) in [5, 5.41) is 4.96.